The van der Waals surface area contributed by atoms with Crippen molar-refractivity contribution in [3.05, 3.63) is 59.7 Å². The van der Waals surface area contributed by atoms with Crippen molar-refractivity contribution in [1.82, 2.24) is 0 Å². The van der Waals surface area contributed by atoms with Crippen LogP contribution in [0.15, 0.2) is 48.5 Å². The van der Waals surface area contributed by atoms with Gasteiger partial charge in [0.05, 0.1) is 0 Å². The van der Waals surface area contributed by atoms with E-state index >= 15 is 0 Å². The van der Waals surface area contributed by atoms with Crippen molar-refractivity contribution in [1.29, 1.82) is 0 Å². The molecule has 0 bridgehead atoms. The average Bonchev–Trinajstić information content (AvgIpc) is 2.93. The molecule has 3 nitrogen and oxygen atoms in total. The van der Waals surface area contributed by atoms with Gasteiger partial charge in [-0.05, 0) is 36.1 Å². The smallest absolute Gasteiger partial charge is 0.231 e. The Morgan fingerprint density at radius 3 is 2.63 bits per heavy atom. The zero-order chi connectivity index (χ0) is 13.1. The minimum Gasteiger partial charge on any atom is -0.454 e. The molecule has 1 aliphatic heterocycles. The molecule has 3 heteroatoms. The van der Waals surface area contributed by atoms with E-state index < -0.39 is 0 Å². The number of hydrogen-bond donors (Lipinski definition) is 1. The van der Waals surface area contributed by atoms with Gasteiger partial charge in [-0.2, -0.15) is 0 Å². The van der Waals surface area contributed by atoms with Crippen LogP contribution in [-0.4, -0.2) is 6.79 Å². The molecular formula is C16H17NO2. The van der Waals surface area contributed by atoms with Gasteiger partial charge in [0, 0.05) is 6.04 Å². The van der Waals surface area contributed by atoms with Crippen molar-refractivity contribution in [2.24, 2.45) is 5.73 Å². The number of ether oxygens (including phenoxy) is 2. The first-order valence-corrected chi connectivity index (χ1v) is 6.52. The summed E-state index contributed by atoms with van der Waals surface area (Å²) in [6.07, 6.45) is 1.86. The van der Waals surface area contributed by atoms with E-state index in [1.54, 1.807) is 0 Å². The highest BCUT2D eigenvalue weighted by Crippen LogP contribution is 2.33. The zero-order valence-electron chi connectivity index (χ0n) is 10.7. The molecule has 2 aromatic rings. The molecule has 0 amide bonds. The standard InChI is InChI=1S/C16H17NO2/c17-14(13-4-2-1-3-5-13)8-6-12-7-9-15-16(10-12)19-11-18-15/h1-5,7,9-10,14H,6,8,11,17H2/t14-/m1/s1. The lowest BCUT2D eigenvalue weighted by Crippen LogP contribution is -2.11. The molecule has 1 atom stereocenters. The molecule has 0 saturated carbocycles. The summed E-state index contributed by atoms with van der Waals surface area (Å²) in [5, 5.41) is 0. The summed E-state index contributed by atoms with van der Waals surface area (Å²) in [6, 6.07) is 16.4. The average molecular weight is 255 g/mol. The number of rotatable bonds is 4. The van der Waals surface area contributed by atoms with E-state index in [1.807, 2.05) is 30.3 Å². The summed E-state index contributed by atoms with van der Waals surface area (Å²) in [7, 11) is 0. The molecule has 1 heterocycles. The molecule has 0 unspecified atom stereocenters. The maximum absolute atomic E-state index is 6.20. The van der Waals surface area contributed by atoms with Gasteiger partial charge in [0.15, 0.2) is 11.5 Å². The normalized spacial score (nSPS) is 14.4. The van der Waals surface area contributed by atoms with E-state index in [-0.39, 0.29) is 6.04 Å². The second-order valence-corrected chi connectivity index (χ2v) is 4.74. The molecule has 2 aromatic carbocycles. The first kappa shape index (κ1) is 12.1. The minimum absolute atomic E-state index is 0.0756. The highest BCUT2D eigenvalue weighted by atomic mass is 16.7. The Bertz CT molecular complexity index is 554. The van der Waals surface area contributed by atoms with Crippen LogP contribution in [-0.2, 0) is 6.42 Å². The molecule has 19 heavy (non-hydrogen) atoms. The maximum atomic E-state index is 6.20. The van der Waals surface area contributed by atoms with Crippen LogP contribution in [0.3, 0.4) is 0 Å². The van der Waals surface area contributed by atoms with Crippen molar-refractivity contribution < 1.29 is 9.47 Å². The summed E-state index contributed by atoms with van der Waals surface area (Å²) in [5.74, 6) is 1.67. The summed E-state index contributed by atoms with van der Waals surface area (Å²) in [4.78, 5) is 0. The molecule has 3 rings (SSSR count). The Morgan fingerprint density at radius 2 is 1.79 bits per heavy atom. The van der Waals surface area contributed by atoms with Crippen LogP contribution >= 0.6 is 0 Å². The first-order valence-electron chi connectivity index (χ1n) is 6.52. The maximum Gasteiger partial charge on any atom is 0.231 e. The monoisotopic (exact) mass is 255 g/mol. The third-order valence-corrected chi connectivity index (χ3v) is 3.41. The zero-order valence-corrected chi connectivity index (χ0v) is 10.7. The SMILES string of the molecule is N[C@H](CCc1ccc2c(c1)OCO2)c1ccccc1. The van der Waals surface area contributed by atoms with Crippen LogP contribution in [0, 0.1) is 0 Å². The van der Waals surface area contributed by atoms with E-state index in [2.05, 4.69) is 18.2 Å². The molecule has 0 aromatic heterocycles. The number of hydrogen-bond acceptors (Lipinski definition) is 3. The number of fused-ring (bicyclic) bond motifs is 1. The fourth-order valence-corrected chi connectivity index (χ4v) is 2.29. The van der Waals surface area contributed by atoms with Crippen molar-refractivity contribution in [3.8, 4) is 11.5 Å². The Balaban J connectivity index is 1.63. The third-order valence-electron chi connectivity index (χ3n) is 3.41. The van der Waals surface area contributed by atoms with Gasteiger partial charge in [0.1, 0.15) is 0 Å². The van der Waals surface area contributed by atoms with Crippen molar-refractivity contribution in [2.45, 2.75) is 18.9 Å². The Morgan fingerprint density at radius 1 is 1.00 bits per heavy atom. The molecule has 0 spiro atoms. The van der Waals surface area contributed by atoms with E-state index in [4.69, 9.17) is 15.2 Å². The van der Waals surface area contributed by atoms with Gasteiger partial charge < -0.3 is 15.2 Å². The number of benzene rings is 2. The van der Waals surface area contributed by atoms with Gasteiger partial charge >= 0.3 is 0 Å². The topological polar surface area (TPSA) is 44.5 Å². The highest BCUT2D eigenvalue weighted by molar-refractivity contribution is 5.44. The van der Waals surface area contributed by atoms with E-state index in [0.717, 1.165) is 24.3 Å². The third kappa shape index (κ3) is 2.71. The van der Waals surface area contributed by atoms with Gasteiger partial charge in [0.2, 0.25) is 6.79 Å². The lowest BCUT2D eigenvalue weighted by Gasteiger charge is -2.12. The highest BCUT2D eigenvalue weighted by Gasteiger charge is 2.13. The van der Waals surface area contributed by atoms with Crippen molar-refractivity contribution >= 4 is 0 Å². The first-order chi connectivity index (χ1) is 9.33. The molecular weight excluding hydrogens is 238 g/mol. The van der Waals surface area contributed by atoms with Gasteiger partial charge in [-0.15, -0.1) is 0 Å². The van der Waals surface area contributed by atoms with Crippen LogP contribution in [0.5, 0.6) is 11.5 Å². The molecule has 0 aliphatic carbocycles. The lowest BCUT2D eigenvalue weighted by molar-refractivity contribution is 0.174. The van der Waals surface area contributed by atoms with Crippen LogP contribution in [0.2, 0.25) is 0 Å². The largest absolute Gasteiger partial charge is 0.454 e. The Kier molecular flexibility index (Phi) is 3.38. The summed E-state index contributed by atoms with van der Waals surface area (Å²) >= 11 is 0. The van der Waals surface area contributed by atoms with Gasteiger partial charge in [-0.1, -0.05) is 36.4 Å². The van der Waals surface area contributed by atoms with Gasteiger partial charge in [0.25, 0.3) is 0 Å². The van der Waals surface area contributed by atoms with E-state index in [0.29, 0.717) is 6.79 Å². The molecule has 98 valence electrons. The number of aryl methyl sites for hydroxylation is 1. The van der Waals surface area contributed by atoms with Gasteiger partial charge in [-0.25, -0.2) is 0 Å². The molecule has 2 N–H and O–H groups in total. The van der Waals surface area contributed by atoms with Crippen molar-refractivity contribution in [2.75, 3.05) is 6.79 Å². The Hall–Kier alpha value is -2.00. The van der Waals surface area contributed by atoms with Gasteiger partial charge in [-0.3, -0.25) is 0 Å². The predicted octanol–water partition coefficient (Wildman–Crippen LogP) is 3.05. The Labute approximate surface area is 113 Å². The minimum atomic E-state index is 0.0756. The predicted molar refractivity (Wildman–Crippen MR) is 74.3 cm³/mol. The van der Waals surface area contributed by atoms with Crippen LogP contribution < -0.4 is 15.2 Å². The van der Waals surface area contributed by atoms with Crippen LogP contribution in [0.4, 0.5) is 0 Å². The number of nitrogens with two attached hydrogens (primary N) is 1. The van der Waals surface area contributed by atoms with Crippen LogP contribution in [0.1, 0.15) is 23.6 Å². The summed E-state index contributed by atoms with van der Waals surface area (Å²) < 4.78 is 10.7. The molecule has 1 aliphatic rings. The fourth-order valence-electron chi connectivity index (χ4n) is 2.29. The van der Waals surface area contributed by atoms with E-state index in [9.17, 15) is 0 Å². The molecule has 0 fully saturated rings. The summed E-state index contributed by atoms with van der Waals surface area (Å²) in [6.45, 7) is 0.322. The quantitative estimate of drug-likeness (QED) is 0.913. The van der Waals surface area contributed by atoms with Crippen LogP contribution in [0.25, 0.3) is 0 Å². The molecule has 0 radical (unpaired) electrons. The molecule has 0 saturated heterocycles. The second-order valence-electron chi connectivity index (χ2n) is 4.74. The fraction of sp³-hybridized carbons (Fsp3) is 0.250. The van der Waals surface area contributed by atoms with Crippen molar-refractivity contribution in [3.63, 3.8) is 0 Å². The second kappa shape index (κ2) is 5.33. The lowest BCUT2D eigenvalue weighted by atomic mass is 10.00. The van der Waals surface area contributed by atoms with E-state index in [1.165, 1.54) is 11.1 Å². The summed E-state index contributed by atoms with van der Waals surface area (Å²) in [5.41, 5.74) is 8.62.